The molecule has 0 radical (unpaired) electrons. The van der Waals surface area contributed by atoms with Gasteiger partial charge in [0.15, 0.2) is 6.04 Å². The summed E-state index contributed by atoms with van der Waals surface area (Å²) >= 11 is 0. The molecule has 2 aromatic rings. The van der Waals surface area contributed by atoms with Crippen molar-refractivity contribution in [2.75, 3.05) is 14.2 Å². The van der Waals surface area contributed by atoms with Crippen molar-refractivity contribution in [3.05, 3.63) is 64.7 Å². The average molecular weight is 440 g/mol. The first-order chi connectivity index (χ1) is 15.2. The predicted octanol–water partition coefficient (Wildman–Crippen LogP) is 1.70. The van der Waals surface area contributed by atoms with Gasteiger partial charge in [0.25, 0.3) is 17.7 Å². The number of nitrogens with zero attached hydrogens (tertiary/aromatic N) is 1. The van der Waals surface area contributed by atoms with E-state index in [1.807, 2.05) is 0 Å². The number of imide groups is 1. The van der Waals surface area contributed by atoms with Gasteiger partial charge < -0.3 is 19.9 Å². The Labute approximate surface area is 184 Å². The predicted molar refractivity (Wildman–Crippen MR) is 113 cm³/mol. The molecule has 1 heterocycles. The Morgan fingerprint density at radius 2 is 1.59 bits per heavy atom. The maximum Gasteiger partial charge on any atom is 0.331 e. The molecule has 2 atom stereocenters. The van der Waals surface area contributed by atoms with Gasteiger partial charge in [-0.3, -0.25) is 19.3 Å². The van der Waals surface area contributed by atoms with Gasteiger partial charge in [0.05, 0.1) is 25.3 Å². The summed E-state index contributed by atoms with van der Waals surface area (Å²) < 4.78 is 9.82. The molecule has 1 aliphatic rings. The minimum absolute atomic E-state index is 0.0614. The van der Waals surface area contributed by atoms with Crippen LogP contribution in [0.1, 0.15) is 56.6 Å². The van der Waals surface area contributed by atoms with Crippen LogP contribution in [-0.4, -0.2) is 60.0 Å². The molecule has 168 valence electrons. The maximum atomic E-state index is 12.9. The van der Waals surface area contributed by atoms with E-state index in [9.17, 15) is 24.3 Å². The molecule has 3 amide bonds. The van der Waals surface area contributed by atoms with Crippen molar-refractivity contribution >= 4 is 23.7 Å². The zero-order chi connectivity index (χ0) is 23.6. The van der Waals surface area contributed by atoms with Crippen LogP contribution < -0.4 is 10.1 Å². The van der Waals surface area contributed by atoms with Crippen molar-refractivity contribution in [1.29, 1.82) is 0 Å². The summed E-state index contributed by atoms with van der Waals surface area (Å²) in [6, 6.07) is 8.70. The van der Waals surface area contributed by atoms with Crippen molar-refractivity contribution in [2.45, 2.75) is 32.0 Å². The summed E-state index contributed by atoms with van der Waals surface area (Å²) in [6.07, 6.45) is -1.40. The highest BCUT2D eigenvalue weighted by Crippen LogP contribution is 2.26. The molecule has 0 bridgehead atoms. The zero-order valence-corrected chi connectivity index (χ0v) is 18.1. The smallest absolute Gasteiger partial charge is 0.331 e. The monoisotopic (exact) mass is 440 g/mol. The van der Waals surface area contributed by atoms with Crippen molar-refractivity contribution in [1.82, 2.24) is 10.2 Å². The number of methoxy groups -OCH3 is 2. The highest BCUT2D eigenvalue weighted by molar-refractivity contribution is 6.22. The quantitative estimate of drug-likeness (QED) is 0.496. The number of hydrogen-bond acceptors (Lipinski definition) is 7. The highest BCUT2D eigenvalue weighted by Gasteiger charge is 2.38. The molecule has 2 unspecified atom stereocenters. The molecule has 1 aliphatic heterocycles. The summed E-state index contributed by atoms with van der Waals surface area (Å²) in [5.74, 6) is -1.90. The standard InChI is InChI=1S/C23H24N2O7/c1-12(2)25-21(28)16-10-7-14(11-17(16)22(25)29)20(27)24-18(23(30)32-4)19(26)13-5-8-15(31-3)9-6-13/h5-12,18-19,26H,1-4H3,(H,24,27). The van der Waals surface area contributed by atoms with Crippen LogP contribution in [0.3, 0.4) is 0 Å². The first-order valence-electron chi connectivity index (χ1n) is 9.92. The average Bonchev–Trinajstić information content (AvgIpc) is 3.05. The van der Waals surface area contributed by atoms with Crippen molar-refractivity contribution in [3.63, 3.8) is 0 Å². The zero-order valence-electron chi connectivity index (χ0n) is 18.1. The van der Waals surface area contributed by atoms with Crippen LogP contribution in [-0.2, 0) is 9.53 Å². The Morgan fingerprint density at radius 3 is 2.16 bits per heavy atom. The van der Waals surface area contributed by atoms with Gasteiger partial charge in [-0.25, -0.2) is 4.79 Å². The number of aliphatic hydroxyl groups excluding tert-OH is 1. The summed E-state index contributed by atoms with van der Waals surface area (Å²) in [6.45, 7) is 3.44. The van der Waals surface area contributed by atoms with Gasteiger partial charge in [0.1, 0.15) is 11.9 Å². The van der Waals surface area contributed by atoms with Crippen molar-refractivity contribution < 1.29 is 33.8 Å². The first-order valence-corrected chi connectivity index (χ1v) is 9.92. The molecule has 2 N–H and O–H groups in total. The van der Waals surface area contributed by atoms with E-state index >= 15 is 0 Å². The second kappa shape index (κ2) is 9.19. The Bertz CT molecular complexity index is 1060. The number of carbonyl (C=O) groups excluding carboxylic acids is 4. The number of fused-ring (bicyclic) bond motifs is 1. The van der Waals surface area contributed by atoms with E-state index < -0.39 is 35.8 Å². The SMILES string of the molecule is COC(=O)C(NC(=O)c1ccc2c(c1)C(=O)N(C(C)C)C2=O)C(O)c1ccc(OC)cc1. The lowest BCUT2D eigenvalue weighted by Crippen LogP contribution is -2.45. The van der Waals surface area contributed by atoms with Gasteiger partial charge in [-0.2, -0.15) is 0 Å². The Morgan fingerprint density at radius 1 is 0.969 bits per heavy atom. The molecule has 0 saturated carbocycles. The fraction of sp³-hybridized carbons (Fsp3) is 0.304. The number of esters is 1. The minimum Gasteiger partial charge on any atom is -0.497 e. The van der Waals surface area contributed by atoms with Gasteiger partial charge in [-0.05, 0) is 49.7 Å². The van der Waals surface area contributed by atoms with Crippen LogP contribution in [0, 0.1) is 0 Å². The van der Waals surface area contributed by atoms with Gasteiger partial charge >= 0.3 is 5.97 Å². The van der Waals surface area contributed by atoms with Crippen LogP contribution in [0.25, 0.3) is 0 Å². The lowest BCUT2D eigenvalue weighted by molar-refractivity contribution is -0.146. The molecule has 0 aliphatic carbocycles. The van der Waals surface area contributed by atoms with E-state index in [0.29, 0.717) is 11.3 Å². The number of amides is 3. The van der Waals surface area contributed by atoms with E-state index in [2.05, 4.69) is 5.32 Å². The van der Waals surface area contributed by atoms with E-state index in [0.717, 1.165) is 12.0 Å². The molecule has 2 aromatic carbocycles. The normalized spacial score (nSPS) is 14.8. The van der Waals surface area contributed by atoms with E-state index in [4.69, 9.17) is 9.47 Å². The van der Waals surface area contributed by atoms with Crippen LogP contribution in [0.2, 0.25) is 0 Å². The van der Waals surface area contributed by atoms with E-state index in [1.54, 1.807) is 38.1 Å². The molecule has 0 spiro atoms. The Balaban J connectivity index is 1.85. The van der Waals surface area contributed by atoms with Gasteiger partial charge in [-0.1, -0.05) is 12.1 Å². The molecule has 32 heavy (non-hydrogen) atoms. The molecule has 0 saturated heterocycles. The van der Waals surface area contributed by atoms with Crippen LogP contribution in [0.4, 0.5) is 0 Å². The fourth-order valence-electron chi connectivity index (χ4n) is 3.48. The van der Waals surface area contributed by atoms with Crippen LogP contribution in [0.15, 0.2) is 42.5 Å². The second-order valence-corrected chi connectivity index (χ2v) is 7.53. The number of benzene rings is 2. The van der Waals surface area contributed by atoms with E-state index in [1.165, 1.54) is 25.3 Å². The van der Waals surface area contributed by atoms with Gasteiger partial charge in [0.2, 0.25) is 0 Å². The molecule has 3 rings (SSSR count). The van der Waals surface area contributed by atoms with E-state index in [-0.39, 0.29) is 22.7 Å². The third kappa shape index (κ3) is 4.19. The molecule has 9 heteroatoms. The molecular weight excluding hydrogens is 416 g/mol. The van der Waals surface area contributed by atoms with Crippen LogP contribution in [0.5, 0.6) is 5.75 Å². The van der Waals surface area contributed by atoms with Gasteiger partial charge in [-0.15, -0.1) is 0 Å². The molecule has 0 aromatic heterocycles. The first kappa shape index (κ1) is 23.0. The highest BCUT2D eigenvalue weighted by atomic mass is 16.5. The number of carbonyl (C=O) groups is 4. The number of hydrogen-bond donors (Lipinski definition) is 2. The summed E-state index contributed by atoms with van der Waals surface area (Å²) in [7, 11) is 2.64. The molecule has 0 fully saturated rings. The summed E-state index contributed by atoms with van der Waals surface area (Å²) in [5.41, 5.74) is 0.750. The molecular formula is C23H24N2O7. The topological polar surface area (TPSA) is 122 Å². The minimum atomic E-state index is -1.40. The Hall–Kier alpha value is -3.72. The lowest BCUT2D eigenvalue weighted by atomic mass is 10.0. The third-order valence-electron chi connectivity index (χ3n) is 5.21. The van der Waals surface area contributed by atoms with Crippen molar-refractivity contribution in [3.8, 4) is 5.75 Å². The number of nitrogens with one attached hydrogen (secondary N) is 1. The lowest BCUT2D eigenvalue weighted by Gasteiger charge is -2.22. The van der Waals surface area contributed by atoms with Crippen LogP contribution >= 0.6 is 0 Å². The number of ether oxygens (including phenoxy) is 2. The Kier molecular flexibility index (Phi) is 6.59. The summed E-state index contributed by atoms with van der Waals surface area (Å²) in [5, 5.41) is 13.2. The second-order valence-electron chi connectivity index (χ2n) is 7.53. The number of rotatable bonds is 7. The van der Waals surface area contributed by atoms with Crippen molar-refractivity contribution in [2.24, 2.45) is 0 Å². The van der Waals surface area contributed by atoms with Gasteiger partial charge in [0, 0.05) is 11.6 Å². The maximum absolute atomic E-state index is 12.9. The number of aliphatic hydroxyl groups is 1. The fourth-order valence-corrected chi connectivity index (χ4v) is 3.48. The third-order valence-corrected chi connectivity index (χ3v) is 5.21. The summed E-state index contributed by atoms with van der Waals surface area (Å²) in [4.78, 5) is 51.3. The molecule has 9 nitrogen and oxygen atoms in total. The largest absolute Gasteiger partial charge is 0.497 e.